The number of para-hydroxylation sites is 1. The number of sulfone groups is 1. The van der Waals surface area contributed by atoms with Crippen molar-refractivity contribution < 1.29 is 26.3 Å². The smallest absolute Gasteiger partial charge is 0.435 e. The molecule has 0 aliphatic heterocycles. The first-order valence-corrected chi connectivity index (χ1v) is 12.7. The van der Waals surface area contributed by atoms with Crippen LogP contribution in [0, 0.1) is 0 Å². The Bertz CT molecular complexity index is 1460. The van der Waals surface area contributed by atoms with E-state index in [0.29, 0.717) is 11.3 Å². The fourth-order valence-corrected chi connectivity index (χ4v) is 4.58. The highest BCUT2D eigenvalue weighted by Crippen LogP contribution is 2.34. The fourth-order valence-electron chi connectivity index (χ4n) is 3.35. The molecule has 1 aromatic heterocycles. The van der Waals surface area contributed by atoms with Crippen molar-refractivity contribution in [3.8, 4) is 22.6 Å². The van der Waals surface area contributed by atoms with Gasteiger partial charge in [-0.25, -0.2) is 13.1 Å². The number of ether oxygens (including phenoxy) is 1. The van der Waals surface area contributed by atoms with Gasteiger partial charge in [0, 0.05) is 6.26 Å². The largest absolute Gasteiger partial charge is 0.487 e. The van der Waals surface area contributed by atoms with E-state index in [1.807, 2.05) is 0 Å². The maximum Gasteiger partial charge on any atom is 0.435 e. The summed E-state index contributed by atoms with van der Waals surface area (Å²) in [6.07, 6.45) is -3.54. The van der Waals surface area contributed by atoms with Crippen LogP contribution in [0.2, 0.25) is 10.0 Å². The Morgan fingerprint density at radius 3 is 2.14 bits per heavy atom. The number of aromatic nitrogens is 2. The predicted molar refractivity (Wildman–Crippen MR) is 128 cm³/mol. The van der Waals surface area contributed by atoms with Gasteiger partial charge >= 0.3 is 6.18 Å². The molecule has 0 aliphatic rings. The molecule has 0 spiro atoms. The molecule has 0 bridgehead atoms. The summed E-state index contributed by atoms with van der Waals surface area (Å²) in [7, 11) is -3.35. The summed E-state index contributed by atoms with van der Waals surface area (Å²) in [5.74, 6) is 0.389. The normalized spacial score (nSPS) is 12.1. The first kappa shape index (κ1) is 25.1. The summed E-state index contributed by atoms with van der Waals surface area (Å²) >= 11 is 12.4. The Morgan fingerprint density at radius 1 is 0.914 bits per heavy atom. The zero-order chi connectivity index (χ0) is 25.4. The second-order valence-corrected chi connectivity index (χ2v) is 10.4. The van der Waals surface area contributed by atoms with Gasteiger partial charge in [-0.1, -0.05) is 53.5 Å². The van der Waals surface area contributed by atoms with Gasteiger partial charge in [-0.3, -0.25) is 0 Å². The number of rotatable bonds is 6. The third kappa shape index (κ3) is 5.63. The Morgan fingerprint density at radius 2 is 1.54 bits per heavy atom. The van der Waals surface area contributed by atoms with E-state index in [4.69, 9.17) is 27.9 Å². The lowest BCUT2D eigenvalue weighted by Crippen LogP contribution is -2.09. The van der Waals surface area contributed by atoms with Gasteiger partial charge in [0.05, 0.1) is 20.6 Å². The van der Waals surface area contributed by atoms with Crippen molar-refractivity contribution in [1.29, 1.82) is 0 Å². The summed E-state index contributed by atoms with van der Waals surface area (Å²) in [6.45, 7) is -0.243. The first-order valence-electron chi connectivity index (χ1n) is 10.1. The quantitative estimate of drug-likeness (QED) is 0.268. The van der Waals surface area contributed by atoms with Crippen LogP contribution in [0.5, 0.6) is 5.75 Å². The second kappa shape index (κ2) is 9.56. The van der Waals surface area contributed by atoms with Crippen LogP contribution in [0.1, 0.15) is 11.4 Å². The minimum absolute atomic E-state index is 0.0947. The minimum Gasteiger partial charge on any atom is -0.487 e. The lowest BCUT2D eigenvalue weighted by molar-refractivity contribution is -0.141. The van der Waals surface area contributed by atoms with Gasteiger partial charge in [-0.15, -0.1) is 0 Å². The monoisotopic (exact) mass is 540 g/mol. The molecule has 182 valence electrons. The van der Waals surface area contributed by atoms with Crippen LogP contribution in [-0.4, -0.2) is 24.5 Å². The molecule has 0 amide bonds. The average Bonchev–Trinajstić information content (AvgIpc) is 3.22. The topological polar surface area (TPSA) is 61.2 Å². The molecule has 11 heteroatoms. The van der Waals surface area contributed by atoms with E-state index >= 15 is 0 Å². The lowest BCUT2D eigenvalue weighted by atomic mass is 10.1. The van der Waals surface area contributed by atoms with Gasteiger partial charge in [0.15, 0.2) is 15.5 Å². The van der Waals surface area contributed by atoms with Crippen molar-refractivity contribution in [1.82, 2.24) is 9.78 Å². The van der Waals surface area contributed by atoms with E-state index in [2.05, 4.69) is 5.10 Å². The fraction of sp³-hybridized carbons (Fsp3) is 0.125. The molecule has 4 aromatic rings. The molecule has 0 saturated carbocycles. The van der Waals surface area contributed by atoms with Crippen molar-refractivity contribution in [3.63, 3.8) is 0 Å². The highest BCUT2D eigenvalue weighted by molar-refractivity contribution is 7.90. The SMILES string of the molecule is CS(=O)(=O)c1cccc(-c2ccc(OCc3cc(C(F)(F)F)nn3-c3c(Cl)cccc3Cl)cc2)c1. The highest BCUT2D eigenvalue weighted by atomic mass is 35.5. The Hall–Kier alpha value is -3.01. The van der Waals surface area contributed by atoms with E-state index < -0.39 is 21.7 Å². The summed E-state index contributed by atoms with van der Waals surface area (Å²) in [4.78, 5) is 0.197. The summed E-state index contributed by atoms with van der Waals surface area (Å²) in [6, 6.07) is 18.7. The molecule has 0 fully saturated rings. The zero-order valence-electron chi connectivity index (χ0n) is 18.1. The maximum atomic E-state index is 13.3. The number of hydrogen-bond donors (Lipinski definition) is 0. The molecule has 5 nitrogen and oxygen atoms in total. The van der Waals surface area contributed by atoms with E-state index in [1.54, 1.807) is 48.5 Å². The van der Waals surface area contributed by atoms with Crippen molar-refractivity contribution in [3.05, 3.63) is 94.2 Å². The van der Waals surface area contributed by atoms with Crippen molar-refractivity contribution in [2.75, 3.05) is 6.26 Å². The number of nitrogens with zero attached hydrogens (tertiary/aromatic N) is 2. The van der Waals surface area contributed by atoms with Gasteiger partial charge in [0.1, 0.15) is 18.0 Å². The van der Waals surface area contributed by atoms with Crippen LogP contribution in [-0.2, 0) is 22.6 Å². The molecule has 0 unspecified atom stereocenters. The molecule has 1 heterocycles. The third-order valence-electron chi connectivity index (χ3n) is 5.06. The minimum atomic E-state index is -4.67. The predicted octanol–water partition coefficient (Wildman–Crippen LogP) is 6.85. The highest BCUT2D eigenvalue weighted by Gasteiger charge is 2.35. The van der Waals surface area contributed by atoms with Crippen molar-refractivity contribution >= 4 is 33.0 Å². The first-order chi connectivity index (χ1) is 16.4. The molecule has 0 N–H and O–H groups in total. The van der Waals surface area contributed by atoms with Crippen LogP contribution in [0.3, 0.4) is 0 Å². The van der Waals surface area contributed by atoms with Crippen LogP contribution in [0.15, 0.2) is 77.7 Å². The summed E-state index contributed by atoms with van der Waals surface area (Å²) in [5, 5.41) is 3.93. The summed E-state index contributed by atoms with van der Waals surface area (Å²) < 4.78 is 70.4. The third-order valence-corrected chi connectivity index (χ3v) is 6.78. The van der Waals surface area contributed by atoms with Crippen LogP contribution < -0.4 is 4.74 Å². The van der Waals surface area contributed by atoms with E-state index in [0.717, 1.165) is 22.6 Å². The molecule has 3 aromatic carbocycles. The van der Waals surface area contributed by atoms with E-state index in [-0.39, 0.29) is 32.9 Å². The van der Waals surface area contributed by atoms with Crippen molar-refractivity contribution in [2.24, 2.45) is 0 Å². The molecule has 0 atom stereocenters. The van der Waals surface area contributed by atoms with E-state index in [9.17, 15) is 21.6 Å². The number of halogens is 5. The molecule has 0 aliphatic carbocycles. The molecule has 0 radical (unpaired) electrons. The second-order valence-electron chi connectivity index (χ2n) is 7.61. The van der Waals surface area contributed by atoms with Crippen molar-refractivity contribution in [2.45, 2.75) is 17.7 Å². The van der Waals surface area contributed by atoms with Gasteiger partial charge in [-0.2, -0.15) is 18.3 Å². The maximum absolute atomic E-state index is 13.3. The molecular formula is C24H17Cl2F3N2O3S. The van der Waals surface area contributed by atoms with Crippen LogP contribution in [0.4, 0.5) is 13.2 Å². The molecule has 4 rings (SSSR count). The number of alkyl halides is 3. The van der Waals surface area contributed by atoms with Gasteiger partial charge in [0.25, 0.3) is 0 Å². The Labute approximate surface area is 209 Å². The van der Waals surface area contributed by atoms with Crippen LogP contribution >= 0.6 is 23.2 Å². The summed E-state index contributed by atoms with van der Waals surface area (Å²) in [5.41, 5.74) is 0.548. The Balaban J connectivity index is 1.60. The zero-order valence-corrected chi connectivity index (χ0v) is 20.4. The van der Waals surface area contributed by atoms with E-state index in [1.165, 1.54) is 18.2 Å². The van der Waals surface area contributed by atoms with Gasteiger partial charge < -0.3 is 4.74 Å². The standard InChI is InChI=1S/C24H17Cl2F3N2O3S/c1-35(32,33)19-5-2-4-16(12-19)15-8-10-18(11-9-15)34-14-17-13-22(24(27,28)29)30-31(17)23-20(25)6-3-7-21(23)26/h2-13H,14H2,1H3. The molecule has 35 heavy (non-hydrogen) atoms. The molecular weight excluding hydrogens is 524 g/mol. The molecule has 0 saturated heterocycles. The lowest BCUT2D eigenvalue weighted by Gasteiger charge is -2.12. The van der Waals surface area contributed by atoms with Gasteiger partial charge in [0.2, 0.25) is 0 Å². The number of hydrogen-bond acceptors (Lipinski definition) is 4. The number of benzene rings is 3. The Kier molecular flexibility index (Phi) is 6.86. The van der Waals surface area contributed by atoms with Gasteiger partial charge in [-0.05, 0) is 53.6 Å². The average molecular weight is 541 g/mol. The van der Waals surface area contributed by atoms with Crippen LogP contribution in [0.25, 0.3) is 16.8 Å².